The van der Waals surface area contributed by atoms with Crippen molar-refractivity contribution in [1.29, 1.82) is 0 Å². The first-order valence-corrected chi connectivity index (χ1v) is 13.5. The number of anilines is 1. The molecule has 10 nitrogen and oxygen atoms in total. The van der Waals surface area contributed by atoms with Crippen LogP contribution in [0.3, 0.4) is 0 Å². The van der Waals surface area contributed by atoms with Crippen molar-refractivity contribution in [3.63, 3.8) is 0 Å². The summed E-state index contributed by atoms with van der Waals surface area (Å²) >= 11 is 0. The SMILES string of the molecule is CNC(=O)[C@@H](C)N(Cc1cccc(OC)c1)C(=O)CN(c1ccccc1)S(=O)(=O)c1ccc(OC)c(OC)c1. The van der Waals surface area contributed by atoms with Gasteiger partial charge >= 0.3 is 0 Å². The number of ether oxygens (including phenoxy) is 3. The zero-order chi connectivity index (χ0) is 28.6. The van der Waals surface area contributed by atoms with Gasteiger partial charge in [0.05, 0.1) is 31.9 Å². The fraction of sp³-hybridized carbons (Fsp3) is 0.286. The lowest BCUT2D eigenvalue weighted by atomic mass is 10.1. The fourth-order valence-electron chi connectivity index (χ4n) is 3.99. The summed E-state index contributed by atoms with van der Waals surface area (Å²) in [4.78, 5) is 27.7. The maximum Gasteiger partial charge on any atom is 0.264 e. The molecule has 0 aliphatic rings. The first-order chi connectivity index (χ1) is 18.7. The predicted octanol–water partition coefficient (Wildman–Crippen LogP) is 3.07. The first-order valence-electron chi connectivity index (χ1n) is 12.1. The smallest absolute Gasteiger partial charge is 0.264 e. The number of methoxy groups -OCH3 is 3. The Hall–Kier alpha value is -4.25. The highest BCUT2D eigenvalue weighted by Gasteiger charge is 2.32. The van der Waals surface area contributed by atoms with E-state index < -0.39 is 28.5 Å². The molecule has 0 fully saturated rings. The van der Waals surface area contributed by atoms with E-state index in [1.807, 2.05) is 0 Å². The van der Waals surface area contributed by atoms with Crippen LogP contribution < -0.4 is 23.8 Å². The molecule has 0 radical (unpaired) electrons. The fourth-order valence-corrected chi connectivity index (χ4v) is 5.42. The van der Waals surface area contributed by atoms with Crippen LogP contribution >= 0.6 is 0 Å². The van der Waals surface area contributed by atoms with Crippen LogP contribution in [0.2, 0.25) is 0 Å². The van der Waals surface area contributed by atoms with Gasteiger partial charge < -0.3 is 24.4 Å². The molecular formula is C28H33N3O7S. The second-order valence-electron chi connectivity index (χ2n) is 8.53. The van der Waals surface area contributed by atoms with Crippen molar-refractivity contribution >= 4 is 27.5 Å². The van der Waals surface area contributed by atoms with E-state index in [0.29, 0.717) is 17.1 Å². The number of carbonyl (C=O) groups excluding carboxylic acids is 2. The molecule has 0 unspecified atom stereocenters. The van der Waals surface area contributed by atoms with Gasteiger partial charge in [-0.15, -0.1) is 0 Å². The van der Waals surface area contributed by atoms with Gasteiger partial charge in [-0.05, 0) is 48.9 Å². The van der Waals surface area contributed by atoms with Crippen LogP contribution in [0.25, 0.3) is 0 Å². The molecule has 0 aromatic heterocycles. The monoisotopic (exact) mass is 555 g/mol. The Labute approximate surface area is 229 Å². The van der Waals surface area contributed by atoms with E-state index >= 15 is 0 Å². The Kier molecular flexibility index (Phi) is 9.78. The molecule has 0 heterocycles. The highest BCUT2D eigenvalue weighted by atomic mass is 32.2. The number of para-hydroxylation sites is 1. The molecule has 3 aromatic rings. The van der Waals surface area contributed by atoms with E-state index in [4.69, 9.17) is 14.2 Å². The Morgan fingerprint density at radius 1 is 0.872 bits per heavy atom. The van der Waals surface area contributed by atoms with Gasteiger partial charge in [-0.1, -0.05) is 30.3 Å². The maximum atomic E-state index is 13.9. The molecule has 3 aromatic carbocycles. The van der Waals surface area contributed by atoms with Gasteiger partial charge in [-0.25, -0.2) is 8.42 Å². The van der Waals surface area contributed by atoms with E-state index in [-0.39, 0.29) is 28.8 Å². The number of sulfonamides is 1. The third-order valence-corrected chi connectivity index (χ3v) is 7.94. The Balaban J connectivity index is 2.04. The lowest BCUT2D eigenvalue weighted by Gasteiger charge is -2.31. The third kappa shape index (κ3) is 6.80. The first kappa shape index (κ1) is 29.3. The second-order valence-corrected chi connectivity index (χ2v) is 10.4. The zero-order valence-electron chi connectivity index (χ0n) is 22.6. The zero-order valence-corrected chi connectivity index (χ0v) is 23.4. The normalized spacial score (nSPS) is 11.7. The van der Waals surface area contributed by atoms with Gasteiger partial charge in [-0.3, -0.25) is 13.9 Å². The number of benzene rings is 3. The van der Waals surface area contributed by atoms with Crippen molar-refractivity contribution in [2.75, 3.05) is 39.2 Å². The van der Waals surface area contributed by atoms with Gasteiger partial charge in [0, 0.05) is 19.7 Å². The number of nitrogens with one attached hydrogen (secondary N) is 1. The Morgan fingerprint density at radius 3 is 2.18 bits per heavy atom. The Bertz CT molecular complexity index is 1400. The molecule has 0 spiro atoms. The molecule has 0 saturated heterocycles. The number of hydrogen-bond donors (Lipinski definition) is 1. The van der Waals surface area contributed by atoms with E-state index in [1.165, 1.54) is 51.5 Å². The third-order valence-electron chi connectivity index (χ3n) is 6.17. The van der Waals surface area contributed by atoms with E-state index in [0.717, 1.165) is 4.31 Å². The topological polar surface area (TPSA) is 114 Å². The molecule has 0 bridgehead atoms. The number of amides is 2. The van der Waals surface area contributed by atoms with Crippen LogP contribution in [0.15, 0.2) is 77.7 Å². The molecule has 1 N–H and O–H groups in total. The minimum Gasteiger partial charge on any atom is -0.497 e. The highest BCUT2D eigenvalue weighted by Crippen LogP contribution is 2.32. The Morgan fingerprint density at radius 2 is 1.56 bits per heavy atom. The summed E-state index contributed by atoms with van der Waals surface area (Å²) in [7, 11) is 1.62. The summed E-state index contributed by atoms with van der Waals surface area (Å²) in [6, 6.07) is 18.7. The molecular weight excluding hydrogens is 522 g/mol. The van der Waals surface area contributed by atoms with Crippen LogP contribution in [0.1, 0.15) is 12.5 Å². The van der Waals surface area contributed by atoms with Gasteiger partial charge in [0.15, 0.2) is 11.5 Å². The largest absolute Gasteiger partial charge is 0.497 e. The molecule has 0 saturated carbocycles. The van der Waals surface area contributed by atoms with Gasteiger partial charge in [0.1, 0.15) is 18.3 Å². The van der Waals surface area contributed by atoms with Crippen molar-refractivity contribution in [2.24, 2.45) is 0 Å². The number of carbonyl (C=O) groups is 2. The van der Waals surface area contributed by atoms with E-state index in [2.05, 4.69) is 5.32 Å². The summed E-state index contributed by atoms with van der Waals surface area (Å²) < 4.78 is 44.7. The molecule has 39 heavy (non-hydrogen) atoms. The summed E-state index contributed by atoms with van der Waals surface area (Å²) in [5, 5.41) is 2.56. The molecule has 0 aliphatic carbocycles. The van der Waals surface area contributed by atoms with Crippen molar-refractivity contribution in [1.82, 2.24) is 10.2 Å². The summed E-state index contributed by atoms with van der Waals surface area (Å²) in [5.74, 6) is 0.227. The van der Waals surface area contributed by atoms with Crippen LogP contribution in [0, 0.1) is 0 Å². The van der Waals surface area contributed by atoms with Gasteiger partial charge in [-0.2, -0.15) is 0 Å². The van der Waals surface area contributed by atoms with Crippen LogP contribution in [-0.4, -0.2) is 66.1 Å². The molecule has 208 valence electrons. The van der Waals surface area contributed by atoms with E-state index in [9.17, 15) is 18.0 Å². The quantitative estimate of drug-likeness (QED) is 0.365. The summed E-state index contributed by atoms with van der Waals surface area (Å²) in [5.41, 5.74) is 1.00. The minimum absolute atomic E-state index is 0.0592. The summed E-state index contributed by atoms with van der Waals surface area (Å²) in [6.07, 6.45) is 0. The van der Waals surface area contributed by atoms with Crippen molar-refractivity contribution in [3.8, 4) is 17.2 Å². The molecule has 11 heteroatoms. The minimum atomic E-state index is -4.25. The standard InChI is InChI=1S/C28H33N3O7S/c1-20(28(33)29-2)30(18-21-10-9-13-23(16-21)36-3)27(32)19-31(22-11-7-6-8-12-22)39(34,35)24-14-15-25(37-4)26(17-24)38-5/h6-17,20H,18-19H2,1-5H3,(H,29,33)/t20-/m1/s1. The molecule has 3 rings (SSSR count). The number of rotatable bonds is 12. The predicted molar refractivity (Wildman–Crippen MR) is 148 cm³/mol. The van der Waals surface area contributed by atoms with Gasteiger partial charge in [0.25, 0.3) is 10.0 Å². The molecule has 1 atom stereocenters. The number of nitrogens with zero attached hydrogens (tertiary/aromatic N) is 2. The highest BCUT2D eigenvalue weighted by molar-refractivity contribution is 7.92. The molecule has 0 aliphatic heterocycles. The van der Waals surface area contributed by atoms with Crippen LogP contribution in [-0.2, 0) is 26.2 Å². The van der Waals surface area contributed by atoms with Gasteiger partial charge in [0.2, 0.25) is 11.8 Å². The number of hydrogen-bond acceptors (Lipinski definition) is 7. The van der Waals surface area contributed by atoms with Crippen LogP contribution in [0.4, 0.5) is 5.69 Å². The second kappa shape index (κ2) is 13.0. The van der Waals surface area contributed by atoms with Crippen molar-refractivity contribution in [3.05, 3.63) is 78.4 Å². The van der Waals surface area contributed by atoms with Crippen molar-refractivity contribution < 1.29 is 32.2 Å². The average molecular weight is 556 g/mol. The van der Waals surface area contributed by atoms with Crippen molar-refractivity contribution in [2.45, 2.75) is 24.4 Å². The molecule has 2 amide bonds. The average Bonchev–Trinajstić information content (AvgIpc) is 2.97. The number of likely N-dealkylation sites (N-methyl/N-ethyl adjacent to an activating group) is 1. The summed E-state index contributed by atoms with van der Waals surface area (Å²) in [6.45, 7) is 1.10. The maximum absolute atomic E-state index is 13.9. The lowest BCUT2D eigenvalue weighted by molar-refractivity contribution is -0.139. The lowest BCUT2D eigenvalue weighted by Crippen LogP contribution is -2.50. The van der Waals surface area contributed by atoms with E-state index in [1.54, 1.807) is 61.5 Å². The van der Waals surface area contributed by atoms with Crippen LogP contribution in [0.5, 0.6) is 17.2 Å².